The first-order valence-electron chi connectivity index (χ1n) is 4.91. The van der Waals surface area contributed by atoms with Crippen molar-refractivity contribution in [3.63, 3.8) is 0 Å². The second-order valence-electron chi connectivity index (χ2n) is 3.39. The van der Waals surface area contributed by atoms with E-state index in [9.17, 15) is 18.0 Å². The van der Waals surface area contributed by atoms with Crippen LogP contribution < -0.4 is 4.74 Å². The van der Waals surface area contributed by atoms with E-state index in [1.165, 1.54) is 12.1 Å². The highest BCUT2D eigenvalue weighted by molar-refractivity contribution is 7.15. The van der Waals surface area contributed by atoms with Gasteiger partial charge in [-0.15, -0.1) is 0 Å². The average molecular weight is 289 g/mol. The smallest absolute Gasteiger partial charge is 0.419 e. The maximum Gasteiger partial charge on any atom is 0.419 e. The number of carbonyl (C=O) groups is 1. The Hall–Kier alpha value is -2.09. The van der Waals surface area contributed by atoms with E-state index < -0.39 is 23.5 Å². The zero-order valence-corrected chi connectivity index (χ0v) is 9.96. The number of thiazole rings is 1. The molecule has 4 nitrogen and oxygen atoms in total. The zero-order valence-electron chi connectivity index (χ0n) is 9.14. The standard InChI is InChI=1S/C11H6F3NO3S/c12-11(13,14)6-3-1-2-4-7(6)18-10-15-5-8(19-10)9(16)17/h1-5H,(H,16,17). The van der Waals surface area contributed by atoms with Crippen molar-refractivity contribution < 1.29 is 27.8 Å². The van der Waals surface area contributed by atoms with Crippen LogP contribution in [0.4, 0.5) is 13.2 Å². The molecule has 0 spiro atoms. The third-order valence-electron chi connectivity index (χ3n) is 2.08. The minimum Gasteiger partial charge on any atom is -0.477 e. The van der Waals surface area contributed by atoms with E-state index in [1.807, 2.05) is 0 Å². The molecule has 2 rings (SSSR count). The molecule has 0 fully saturated rings. The largest absolute Gasteiger partial charge is 0.477 e. The molecule has 1 heterocycles. The number of nitrogens with zero attached hydrogens (tertiary/aromatic N) is 1. The van der Waals surface area contributed by atoms with Gasteiger partial charge in [-0.3, -0.25) is 0 Å². The van der Waals surface area contributed by atoms with Gasteiger partial charge in [0.1, 0.15) is 10.6 Å². The van der Waals surface area contributed by atoms with Gasteiger partial charge in [-0.05, 0) is 12.1 Å². The summed E-state index contributed by atoms with van der Waals surface area (Å²) in [6.45, 7) is 0. The van der Waals surface area contributed by atoms with Crippen molar-refractivity contribution in [1.82, 2.24) is 4.98 Å². The van der Waals surface area contributed by atoms with Crippen LogP contribution in [-0.2, 0) is 6.18 Å². The first kappa shape index (κ1) is 13.3. The second kappa shape index (κ2) is 4.88. The molecule has 0 saturated carbocycles. The first-order valence-corrected chi connectivity index (χ1v) is 5.73. The quantitative estimate of drug-likeness (QED) is 0.937. The molecule has 0 aliphatic heterocycles. The number of hydrogen-bond donors (Lipinski definition) is 1. The average Bonchev–Trinajstić information content (AvgIpc) is 2.77. The number of ether oxygens (including phenoxy) is 1. The Kier molecular flexibility index (Phi) is 3.43. The summed E-state index contributed by atoms with van der Waals surface area (Å²) in [6, 6.07) is 4.64. The molecule has 1 aromatic carbocycles. The number of halogens is 3. The van der Waals surface area contributed by atoms with Gasteiger partial charge in [-0.2, -0.15) is 13.2 Å². The third-order valence-corrected chi connectivity index (χ3v) is 2.95. The second-order valence-corrected chi connectivity index (χ2v) is 4.38. The topological polar surface area (TPSA) is 59.4 Å². The van der Waals surface area contributed by atoms with Crippen LogP contribution in [0.5, 0.6) is 10.9 Å². The fourth-order valence-corrected chi connectivity index (χ4v) is 1.91. The molecule has 100 valence electrons. The van der Waals surface area contributed by atoms with E-state index in [-0.39, 0.29) is 10.1 Å². The molecular formula is C11H6F3NO3S. The van der Waals surface area contributed by atoms with Crippen LogP contribution >= 0.6 is 11.3 Å². The maximum absolute atomic E-state index is 12.7. The third kappa shape index (κ3) is 3.02. The Balaban J connectivity index is 2.30. The summed E-state index contributed by atoms with van der Waals surface area (Å²) in [7, 11) is 0. The highest BCUT2D eigenvalue weighted by Crippen LogP contribution is 2.38. The van der Waals surface area contributed by atoms with Crippen LogP contribution in [-0.4, -0.2) is 16.1 Å². The molecule has 0 amide bonds. The number of carboxylic acids is 1. The minimum atomic E-state index is -4.55. The SMILES string of the molecule is O=C(O)c1cnc(Oc2ccccc2C(F)(F)F)s1. The van der Waals surface area contributed by atoms with Gasteiger partial charge >= 0.3 is 12.1 Å². The molecule has 19 heavy (non-hydrogen) atoms. The lowest BCUT2D eigenvalue weighted by atomic mass is 10.2. The van der Waals surface area contributed by atoms with Gasteiger partial charge in [0.05, 0.1) is 11.8 Å². The molecule has 0 atom stereocenters. The summed E-state index contributed by atoms with van der Waals surface area (Å²) >= 11 is 0.655. The highest BCUT2D eigenvalue weighted by Gasteiger charge is 2.34. The fourth-order valence-electron chi connectivity index (χ4n) is 1.29. The Morgan fingerprint density at radius 1 is 1.32 bits per heavy atom. The Morgan fingerprint density at radius 2 is 2.00 bits per heavy atom. The summed E-state index contributed by atoms with van der Waals surface area (Å²) in [5.41, 5.74) is -0.943. The van der Waals surface area contributed by atoms with E-state index in [2.05, 4.69) is 4.98 Å². The Bertz CT molecular complexity index is 609. The van der Waals surface area contributed by atoms with Crippen molar-refractivity contribution in [2.75, 3.05) is 0 Å². The van der Waals surface area contributed by atoms with E-state index in [1.54, 1.807) is 0 Å². The van der Waals surface area contributed by atoms with Crippen LogP contribution in [0.1, 0.15) is 15.2 Å². The van der Waals surface area contributed by atoms with Gasteiger partial charge in [0.2, 0.25) is 0 Å². The van der Waals surface area contributed by atoms with Crippen LogP contribution in [0.3, 0.4) is 0 Å². The van der Waals surface area contributed by atoms with E-state index in [4.69, 9.17) is 9.84 Å². The number of aromatic nitrogens is 1. The molecular weight excluding hydrogens is 283 g/mol. The molecule has 2 aromatic rings. The highest BCUT2D eigenvalue weighted by atomic mass is 32.1. The van der Waals surface area contributed by atoms with Gasteiger partial charge < -0.3 is 9.84 Å². The first-order chi connectivity index (χ1) is 8.88. The molecule has 0 unspecified atom stereocenters. The van der Waals surface area contributed by atoms with Gasteiger partial charge in [-0.25, -0.2) is 9.78 Å². The normalized spacial score (nSPS) is 11.3. The van der Waals surface area contributed by atoms with Gasteiger partial charge in [0, 0.05) is 0 Å². The molecule has 1 N–H and O–H groups in total. The number of carboxylic acid groups (broad SMARTS) is 1. The fraction of sp³-hybridized carbons (Fsp3) is 0.0909. The lowest BCUT2D eigenvalue weighted by Crippen LogP contribution is -2.06. The predicted molar refractivity (Wildman–Crippen MR) is 60.6 cm³/mol. The molecule has 0 radical (unpaired) electrons. The monoisotopic (exact) mass is 289 g/mol. The summed E-state index contributed by atoms with van der Waals surface area (Å²) < 4.78 is 43.1. The van der Waals surface area contributed by atoms with E-state index in [0.717, 1.165) is 18.3 Å². The summed E-state index contributed by atoms with van der Waals surface area (Å²) in [6.07, 6.45) is -3.53. The number of benzene rings is 1. The van der Waals surface area contributed by atoms with Crippen molar-refractivity contribution in [1.29, 1.82) is 0 Å². The molecule has 0 aliphatic rings. The van der Waals surface area contributed by atoms with Crippen LogP contribution in [0.15, 0.2) is 30.5 Å². The predicted octanol–water partition coefficient (Wildman–Crippen LogP) is 3.65. The van der Waals surface area contributed by atoms with Gasteiger partial charge in [0.15, 0.2) is 0 Å². The number of alkyl halides is 3. The zero-order chi connectivity index (χ0) is 14.0. The molecule has 0 bridgehead atoms. The number of rotatable bonds is 3. The van der Waals surface area contributed by atoms with Crippen molar-refractivity contribution >= 4 is 17.3 Å². The maximum atomic E-state index is 12.7. The van der Waals surface area contributed by atoms with Crippen molar-refractivity contribution in [2.45, 2.75) is 6.18 Å². The molecule has 0 aliphatic carbocycles. The summed E-state index contributed by atoms with van der Waals surface area (Å²) in [5, 5.41) is 8.52. The molecule has 8 heteroatoms. The van der Waals surface area contributed by atoms with Crippen LogP contribution in [0.2, 0.25) is 0 Å². The van der Waals surface area contributed by atoms with E-state index in [0.29, 0.717) is 11.3 Å². The van der Waals surface area contributed by atoms with Gasteiger partial charge in [-0.1, -0.05) is 23.5 Å². The van der Waals surface area contributed by atoms with Crippen molar-refractivity contribution in [2.24, 2.45) is 0 Å². The van der Waals surface area contributed by atoms with E-state index >= 15 is 0 Å². The van der Waals surface area contributed by atoms with Crippen molar-refractivity contribution in [3.8, 4) is 10.9 Å². The Labute approximate surface area is 109 Å². The lowest BCUT2D eigenvalue weighted by Gasteiger charge is -2.11. The number of para-hydroxylation sites is 1. The van der Waals surface area contributed by atoms with Crippen LogP contribution in [0, 0.1) is 0 Å². The van der Waals surface area contributed by atoms with Gasteiger partial charge in [0.25, 0.3) is 5.19 Å². The minimum absolute atomic E-state index is 0.112. The molecule has 1 aromatic heterocycles. The van der Waals surface area contributed by atoms with Crippen molar-refractivity contribution in [3.05, 3.63) is 40.9 Å². The summed E-state index contributed by atoms with van der Waals surface area (Å²) in [4.78, 5) is 14.1. The Morgan fingerprint density at radius 3 is 2.58 bits per heavy atom. The lowest BCUT2D eigenvalue weighted by molar-refractivity contribution is -0.138. The van der Waals surface area contributed by atoms with Crippen LogP contribution in [0.25, 0.3) is 0 Å². The summed E-state index contributed by atoms with van der Waals surface area (Å²) in [5.74, 6) is -1.63. The molecule has 0 saturated heterocycles. The number of aromatic carboxylic acids is 1. The number of hydrogen-bond acceptors (Lipinski definition) is 4.